The van der Waals surface area contributed by atoms with E-state index in [0.29, 0.717) is 24.2 Å². The Kier molecular flexibility index (Phi) is 3.86. The van der Waals surface area contributed by atoms with Gasteiger partial charge in [0.25, 0.3) is 5.69 Å². The number of nitro benzene ring substituents is 1. The summed E-state index contributed by atoms with van der Waals surface area (Å²) in [7, 11) is 0. The molecule has 2 rings (SSSR count). The van der Waals surface area contributed by atoms with Crippen LogP contribution in [0.1, 0.15) is 17.7 Å². The predicted molar refractivity (Wildman–Crippen MR) is 68.2 cm³/mol. The molecule has 7 heteroatoms. The highest BCUT2D eigenvalue weighted by molar-refractivity contribution is 5.53. The van der Waals surface area contributed by atoms with Crippen LogP contribution in [-0.4, -0.2) is 31.6 Å². The summed E-state index contributed by atoms with van der Waals surface area (Å²) in [5, 5.41) is 27.6. The third-order valence-electron chi connectivity index (χ3n) is 2.71. The molecule has 0 saturated carbocycles. The molecule has 1 N–H and O–H groups in total. The average Bonchev–Trinajstić information content (AvgIpc) is 2.84. The molecular weight excluding hydrogens is 248 g/mol. The SMILES string of the molecule is Cc1ccc(-n2cc(CCCO)nn2)c([N+](=O)[O-])c1. The lowest BCUT2D eigenvalue weighted by Gasteiger charge is -2.02. The first-order chi connectivity index (χ1) is 9.11. The van der Waals surface area contributed by atoms with E-state index in [9.17, 15) is 10.1 Å². The van der Waals surface area contributed by atoms with Crippen LogP contribution in [-0.2, 0) is 6.42 Å². The Hall–Kier alpha value is -2.28. The van der Waals surface area contributed by atoms with Gasteiger partial charge in [0.15, 0.2) is 0 Å². The lowest BCUT2D eigenvalue weighted by Crippen LogP contribution is -2.01. The molecule has 0 amide bonds. The molecule has 19 heavy (non-hydrogen) atoms. The van der Waals surface area contributed by atoms with Crippen molar-refractivity contribution in [2.24, 2.45) is 0 Å². The molecule has 1 aromatic carbocycles. The summed E-state index contributed by atoms with van der Waals surface area (Å²) in [5.74, 6) is 0. The standard InChI is InChI=1S/C12H14N4O3/c1-9-4-5-11(12(7-9)16(18)19)15-8-10(13-14-15)3-2-6-17/h4-5,7-8,17H,2-3,6H2,1H3. The fourth-order valence-corrected chi connectivity index (χ4v) is 1.76. The number of aliphatic hydroxyl groups excluding tert-OH is 1. The van der Waals surface area contributed by atoms with Crippen molar-refractivity contribution in [2.45, 2.75) is 19.8 Å². The van der Waals surface area contributed by atoms with Crippen molar-refractivity contribution in [2.75, 3.05) is 6.61 Å². The monoisotopic (exact) mass is 262 g/mol. The molecule has 0 fully saturated rings. The Labute approximate surface area is 109 Å². The molecule has 2 aromatic rings. The van der Waals surface area contributed by atoms with Gasteiger partial charge in [-0.05, 0) is 31.4 Å². The van der Waals surface area contributed by atoms with Crippen LogP contribution < -0.4 is 0 Å². The molecule has 0 aliphatic heterocycles. The molecule has 100 valence electrons. The Morgan fingerprint density at radius 2 is 2.26 bits per heavy atom. The zero-order valence-corrected chi connectivity index (χ0v) is 10.5. The maximum absolute atomic E-state index is 11.0. The van der Waals surface area contributed by atoms with Gasteiger partial charge in [0.05, 0.1) is 16.8 Å². The zero-order chi connectivity index (χ0) is 13.8. The molecule has 0 unspecified atom stereocenters. The van der Waals surface area contributed by atoms with Crippen molar-refractivity contribution < 1.29 is 10.0 Å². The first kappa shape index (κ1) is 13.2. The van der Waals surface area contributed by atoms with Gasteiger partial charge in [-0.1, -0.05) is 11.3 Å². The molecule has 0 saturated heterocycles. The first-order valence-electron chi connectivity index (χ1n) is 5.89. The van der Waals surface area contributed by atoms with Crippen LogP contribution in [0.25, 0.3) is 5.69 Å². The second kappa shape index (κ2) is 5.57. The molecule has 0 aliphatic rings. The number of nitro groups is 1. The van der Waals surface area contributed by atoms with Gasteiger partial charge in [-0.15, -0.1) is 5.10 Å². The summed E-state index contributed by atoms with van der Waals surface area (Å²) in [6.45, 7) is 1.88. The van der Waals surface area contributed by atoms with Gasteiger partial charge in [0.2, 0.25) is 0 Å². The second-order valence-corrected chi connectivity index (χ2v) is 4.23. The van der Waals surface area contributed by atoms with Crippen molar-refractivity contribution in [1.82, 2.24) is 15.0 Å². The largest absolute Gasteiger partial charge is 0.396 e. The Bertz CT molecular complexity index is 594. The molecule has 1 heterocycles. The van der Waals surface area contributed by atoms with E-state index in [2.05, 4.69) is 10.3 Å². The summed E-state index contributed by atoms with van der Waals surface area (Å²) < 4.78 is 1.39. The number of hydrogen-bond donors (Lipinski definition) is 1. The third kappa shape index (κ3) is 2.94. The lowest BCUT2D eigenvalue weighted by molar-refractivity contribution is -0.384. The summed E-state index contributed by atoms with van der Waals surface area (Å²) >= 11 is 0. The lowest BCUT2D eigenvalue weighted by atomic mass is 10.2. The number of aromatic nitrogens is 3. The van der Waals surface area contributed by atoms with E-state index in [1.54, 1.807) is 25.3 Å². The van der Waals surface area contributed by atoms with Crippen LogP contribution in [0, 0.1) is 17.0 Å². The number of nitrogens with zero attached hydrogens (tertiary/aromatic N) is 4. The van der Waals surface area contributed by atoms with Gasteiger partial charge in [-0.25, -0.2) is 4.68 Å². The highest BCUT2D eigenvalue weighted by atomic mass is 16.6. The van der Waals surface area contributed by atoms with Crippen LogP contribution in [0.5, 0.6) is 0 Å². The predicted octanol–water partition coefficient (Wildman–Crippen LogP) is 1.41. The highest BCUT2D eigenvalue weighted by Gasteiger charge is 2.16. The molecule has 0 spiro atoms. The third-order valence-corrected chi connectivity index (χ3v) is 2.71. The van der Waals surface area contributed by atoms with E-state index < -0.39 is 4.92 Å². The Morgan fingerprint density at radius 3 is 2.95 bits per heavy atom. The minimum atomic E-state index is -0.433. The first-order valence-corrected chi connectivity index (χ1v) is 5.89. The smallest absolute Gasteiger partial charge is 0.295 e. The van der Waals surface area contributed by atoms with Crippen LogP contribution in [0.15, 0.2) is 24.4 Å². The fraction of sp³-hybridized carbons (Fsp3) is 0.333. The van der Waals surface area contributed by atoms with Crippen molar-refractivity contribution in [1.29, 1.82) is 0 Å². The van der Waals surface area contributed by atoms with E-state index in [1.807, 2.05) is 0 Å². The van der Waals surface area contributed by atoms with Crippen LogP contribution in [0.3, 0.4) is 0 Å². The molecule has 0 radical (unpaired) electrons. The van der Waals surface area contributed by atoms with Crippen LogP contribution in [0.4, 0.5) is 5.69 Å². The molecular formula is C12H14N4O3. The number of aliphatic hydroxyl groups is 1. The molecule has 0 atom stereocenters. The Balaban J connectivity index is 2.36. The van der Waals surface area contributed by atoms with E-state index in [1.165, 1.54) is 10.7 Å². The summed E-state index contributed by atoms with van der Waals surface area (Å²) in [4.78, 5) is 10.6. The zero-order valence-electron chi connectivity index (χ0n) is 10.5. The molecule has 0 aliphatic carbocycles. The Morgan fingerprint density at radius 1 is 1.47 bits per heavy atom. The molecule has 7 nitrogen and oxygen atoms in total. The van der Waals surface area contributed by atoms with Gasteiger partial charge in [0.1, 0.15) is 5.69 Å². The average molecular weight is 262 g/mol. The van der Waals surface area contributed by atoms with Gasteiger partial charge in [-0.3, -0.25) is 10.1 Å². The van der Waals surface area contributed by atoms with Crippen molar-refractivity contribution >= 4 is 5.69 Å². The van der Waals surface area contributed by atoms with Crippen molar-refractivity contribution in [3.63, 3.8) is 0 Å². The van der Waals surface area contributed by atoms with Gasteiger partial charge in [-0.2, -0.15) is 0 Å². The van der Waals surface area contributed by atoms with Gasteiger partial charge >= 0.3 is 0 Å². The van der Waals surface area contributed by atoms with E-state index in [4.69, 9.17) is 5.11 Å². The summed E-state index contributed by atoms with van der Waals surface area (Å²) in [6.07, 6.45) is 2.83. The fourth-order valence-electron chi connectivity index (χ4n) is 1.76. The van der Waals surface area contributed by atoms with Crippen LogP contribution in [0.2, 0.25) is 0 Å². The minimum absolute atomic E-state index is 0.00129. The highest BCUT2D eigenvalue weighted by Crippen LogP contribution is 2.23. The second-order valence-electron chi connectivity index (χ2n) is 4.23. The summed E-state index contributed by atoms with van der Waals surface area (Å²) in [6, 6.07) is 4.94. The number of hydrogen-bond acceptors (Lipinski definition) is 5. The molecule has 1 aromatic heterocycles. The minimum Gasteiger partial charge on any atom is -0.396 e. The van der Waals surface area contributed by atoms with Crippen LogP contribution >= 0.6 is 0 Å². The molecule has 0 bridgehead atoms. The van der Waals surface area contributed by atoms with E-state index in [-0.39, 0.29) is 12.3 Å². The van der Waals surface area contributed by atoms with E-state index >= 15 is 0 Å². The van der Waals surface area contributed by atoms with E-state index in [0.717, 1.165) is 5.56 Å². The summed E-state index contributed by atoms with van der Waals surface area (Å²) in [5.41, 5.74) is 1.90. The number of benzene rings is 1. The maximum Gasteiger partial charge on any atom is 0.295 e. The van der Waals surface area contributed by atoms with Crippen molar-refractivity contribution in [3.8, 4) is 5.69 Å². The quantitative estimate of drug-likeness (QED) is 0.649. The van der Waals surface area contributed by atoms with Gasteiger partial charge in [0, 0.05) is 12.7 Å². The number of aryl methyl sites for hydroxylation is 2. The number of rotatable bonds is 5. The topological polar surface area (TPSA) is 94.1 Å². The maximum atomic E-state index is 11.0. The normalized spacial score (nSPS) is 10.6. The van der Waals surface area contributed by atoms with Crippen molar-refractivity contribution in [3.05, 3.63) is 45.8 Å². The van der Waals surface area contributed by atoms with Gasteiger partial charge < -0.3 is 5.11 Å².